The normalized spacial score (nSPS) is 11.2. The molecule has 1 N–H and O–H groups in total. The molecule has 1 atom stereocenters. The third-order valence-electron chi connectivity index (χ3n) is 1.75. The van der Waals surface area contributed by atoms with Gasteiger partial charge in [-0.15, -0.1) is 0 Å². The zero-order valence-corrected chi connectivity index (χ0v) is 9.19. The number of rotatable bonds is 5. The third-order valence-corrected chi connectivity index (χ3v) is 1.75. The molecule has 0 radical (unpaired) electrons. The van der Waals surface area contributed by atoms with Crippen molar-refractivity contribution in [1.82, 2.24) is 5.32 Å². The number of carbonyl (C=O) groups is 1. The molecule has 13 heavy (non-hydrogen) atoms. The van der Waals surface area contributed by atoms with Gasteiger partial charge >= 0.3 is 0 Å². The lowest BCUT2D eigenvalue weighted by atomic mass is 10.0. The smallest absolute Gasteiger partial charge is 0.216 e. The maximum Gasteiger partial charge on any atom is 0.216 e. The van der Waals surface area contributed by atoms with Crippen LogP contribution in [0.5, 0.6) is 0 Å². The molecule has 0 bridgehead atoms. The molecule has 0 rings (SSSR count). The zero-order valence-electron chi connectivity index (χ0n) is 9.19. The van der Waals surface area contributed by atoms with Gasteiger partial charge in [-0.1, -0.05) is 26.7 Å². The fourth-order valence-corrected chi connectivity index (χ4v) is 0.973. The van der Waals surface area contributed by atoms with Gasteiger partial charge in [0.2, 0.25) is 5.91 Å². The van der Waals surface area contributed by atoms with Crippen molar-refractivity contribution in [3.8, 4) is 0 Å². The Kier molecular flexibility index (Phi) is 13.1. The quantitative estimate of drug-likeness (QED) is 0.711. The lowest BCUT2D eigenvalue weighted by Gasteiger charge is -2.10. The van der Waals surface area contributed by atoms with E-state index in [0.717, 1.165) is 6.54 Å². The predicted molar refractivity (Wildman–Crippen MR) is 54.4 cm³/mol. The third kappa shape index (κ3) is 14.3. The Bertz CT molecular complexity index is 117. The van der Waals surface area contributed by atoms with Crippen LogP contribution in [0.2, 0.25) is 0 Å². The summed E-state index contributed by atoms with van der Waals surface area (Å²) in [6.07, 6.45) is 3.72. The van der Waals surface area contributed by atoms with Crippen molar-refractivity contribution < 1.29 is 9.18 Å². The van der Waals surface area contributed by atoms with Crippen molar-refractivity contribution >= 4 is 5.91 Å². The Labute approximate surface area is 80.9 Å². The van der Waals surface area contributed by atoms with Gasteiger partial charge in [0, 0.05) is 13.5 Å². The number of unbranched alkanes of at least 4 members (excludes halogenated alkanes) is 1. The van der Waals surface area contributed by atoms with Gasteiger partial charge in [0.15, 0.2) is 0 Å². The van der Waals surface area contributed by atoms with Gasteiger partial charge < -0.3 is 5.32 Å². The molecule has 0 aromatic rings. The number of hydrogen-bond donors (Lipinski definition) is 1. The monoisotopic (exact) mass is 191 g/mol. The highest BCUT2D eigenvalue weighted by molar-refractivity contribution is 5.72. The van der Waals surface area contributed by atoms with E-state index < -0.39 is 0 Å². The highest BCUT2D eigenvalue weighted by atomic mass is 19.1. The van der Waals surface area contributed by atoms with Gasteiger partial charge in [0.25, 0.3) is 0 Å². The summed E-state index contributed by atoms with van der Waals surface area (Å²) < 4.78 is 9.50. The topological polar surface area (TPSA) is 29.1 Å². The minimum atomic E-state index is 0.0772. The van der Waals surface area contributed by atoms with E-state index in [-0.39, 0.29) is 5.91 Å². The van der Waals surface area contributed by atoms with Crippen LogP contribution in [0.4, 0.5) is 4.39 Å². The van der Waals surface area contributed by atoms with Crippen LogP contribution in [-0.2, 0) is 4.79 Å². The summed E-state index contributed by atoms with van der Waals surface area (Å²) in [7, 11) is 0.500. The molecule has 2 nitrogen and oxygen atoms in total. The molecule has 0 heterocycles. The van der Waals surface area contributed by atoms with E-state index in [2.05, 4.69) is 19.2 Å². The van der Waals surface area contributed by atoms with Gasteiger partial charge in [0.05, 0.1) is 7.18 Å². The second-order valence-electron chi connectivity index (χ2n) is 3.18. The second kappa shape index (κ2) is 11.4. The first-order valence-electron chi connectivity index (χ1n) is 4.79. The summed E-state index contributed by atoms with van der Waals surface area (Å²) in [4.78, 5) is 10.5. The summed E-state index contributed by atoms with van der Waals surface area (Å²) in [6.45, 7) is 6.75. The Morgan fingerprint density at radius 1 is 1.46 bits per heavy atom. The van der Waals surface area contributed by atoms with Crippen LogP contribution >= 0.6 is 0 Å². The van der Waals surface area contributed by atoms with E-state index in [4.69, 9.17) is 0 Å². The molecule has 1 amide bonds. The van der Waals surface area contributed by atoms with Crippen molar-refractivity contribution in [3.05, 3.63) is 0 Å². The fraction of sp³-hybridized carbons (Fsp3) is 0.900. The van der Waals surface area contributed by atoms with E-state index >= 15 is 0 Å². The lowest BCUT2D eigenvalue weighted by Crippen LogP contribution is -2.25. The second-order valence-corrected chi connectivity index (χ2v) is 3.18. The van der Waals surface area contributed by atoms with Crippen LogP contribution in [0.1, 0.15) is 40.0 Å². The predicted octanol–water partition coefficient (Wildman–Crippen LogP) is 2.53. The molecule has 0 aliphatic rings. The Balaban J connectivity index is 0. The van der Waals surface area contributed by atoms with Crippen LogP contribution < -0.4 is 5.32 Å². The number of carbonyl (C=O) groups excluding carboxylic acids is 1. The Morgan fingerprint density at radius 3 is 2.38 bits per heavy atom. The van der Waals surface area contributed by atoms with Crippen molar-refractivity contribution in [3.63, 3.8) is 0 Å². The summed E-state index contributed by atoms with van der Waals surface area (Å²) in [5.74, 6) is 0.701. The molecule has 0 fully saturated rings. The van der Waals surface area contributed by atoms with E-state index in [9.17, 15) is 9.18 Å². The standard InChI is InChI=1S/C9H19NO.CH3F/c1-4-5-6-8(2)7-10-9(3)11;1-2/h8H,4-7H2,1-3H3,(H,10,11);1H3/t8-;/m1./s1. The molecular weight excluding hydrogens is 169 g/mol. The first-order valence-corrected chi connectivity index (χ1v) is 4.79. The van der Waals surface area contributed by atoms with Gasteiger partial charge in [-0.05, 0) is 12.3 Å². The molecule has 0 aliphatic heterocycles. The number of halogens is 1. The molecule has 0 spiro atoms. The maximum atomic E-state index is 10.5. The average Bonchev–Trinajstić information content (AvgIpc) is 2.14. The van der Waals surface area contributed by atoms with Crippen molar-refractivity contribution in [2.75, 3.05) is 13.7 Å². The first kappa shape index (κ1) is 14.9. The molecule has 0 aliphatic carbocycles. The van der Waals surface area contributed by atoms with E-state index in [1.54, 1.807) is 6.92 Å². The minimum absolute atomic E-state index is 0.0772. The average molecular weight is 191 g/mol. The van der Waals surface area contributed by atoms with E-state index in [1.807, 2.05) is 0 Å². The molecular formula is C10H22FNO. The molecule has 0 saturated heterocycles. The summed E-state index contributed by atoms with van der Waals surface area (Å²) in [6, 6.07) is 0. The summed E-state index contributed by atoms with van der Waals surface area (Å²) >= 11 is 0. The first-order chi connectivity index (χ1) is 6.16. The van der Waals surface area contributed by atoms with Gasteiger partial charge in [0.1, 0.15) is 0 Å². The molecule has 0 aromatic heterocycles. The van der Waals surface area contributed by atoms with Crippen molar-refractivity contribution in [1.29, 1.82) is 0 Å². The van der Waals surface area contributed by atoms with Crippen molar-refractivity contribution in [2.24, 2.45) is 5.92 Å². The number of amides is 1. The number of alkyl halides is 1. The lowest BCUT2D eigenvalue weighted by molar-refractivity contribution is -0.119. The van der Waals surface area contributed by atoms with Gasteiger partial charge in [-0.25, -0.2) is 0 Å². The Morgan fingerprint density at radius 2 is 2.00 bits per heavy atom. The van der Waals surface area contributed by atoms with Crippen LogP contribution in [0.15, 0.2) is 0 Å². The van der Waals surface area contributed by atoms with Crippen LogP contribution in [-0.4, -0.2) is 19.6 Å². The Hall–Kier alpha value is -0.600. The molecule has 3 heteroatoms. The van der Waals surface area contributed by atoms with E-state index in [1.165, 1.54) is 19.3 Å². The summed E-state index contributed by atoms with van der Waals surface area (Å²) in [5.41, 5.74) is 0. The van der Waals surface area contributed by atoms with Crippen LogP contribution in [0, 0.1) is 5.92 Å². The molecule has 0 unspecified atom stereocenters. The van der Waals surface area contributed by atoms with E-state index in [0.29, 0.717) is 13.1 Å². The zero-order chi connectivity index (χ0) is 10.7. The maximum absolute atomic E-state index is 10.5. The molecule has 0 aromatic carbocycles. The van der Waals surface area contributed by atoms with Gasteiger partial charge in [-0.2, -0.15) is 0 Å². The van der Waals surface area contributed by atoms with Crippen molar-refractivity contribution in [2.45, 2.75) is 40.0 Å². The fourth-order valence-electron chi connectivity index (χ4n) is 0.973. The number of nitrogens with one attached hydrogen (secondary N) is 1. The minimum Gasteiger partial charge on any atom is -0.356 e. The SMILES string of the molecule is CCCC[C@@H](C)CNC(C)=O.CF. The number of hydrogen-bond acceptors (Lipinski definition) is 1. The molecule has 0 saturated carbocycles. The van der Waals surface area contributed by atoms with Gasteiger partial charge in [-0.3, -0.25) is 9.18 Å². The summed E-state index contributed by atoms with van der Waals surface area (Å²) in [5, 5.41) is 2.82. The highest BCUT2D eigenvalue weighted by Gasteiger charge is 2.00. The largest absolute Gasteiger partial charge is 0.356 e. The van der Waals surface area contributed by atoms with Crippen LogP contribution in [0.3, 0.4) is 0 Å². The van der Waals surface area contributed by atoms with Crippen LogP contribution in [0.25, 0.3) is 0 Å². The highest BCUT2D eigenvalue weighted by Crippen LogP contribution is 2.05. The molecule has 80 valence electrons.